The molecule has 1 amide bonds. The summed E-state index contributed by atoms with van der Waals surface area (Å²) in [5, 5.41) is 4.15. The van der Waals surface area contributed by atoms with E-state index in [0.717, 1.165) is 50.0 Å². The van der Waals surface area contributed by atoms with Crippen LogP contribution in [0.5, 0.6) is 0 Å². The molecular weight excluding hydrogens is 304 g/mol. The van der Waals surface area contributed by atoms with Gasteiger partial charge in [-0.15, -0.1) is 0 Å². The lowest BCUT2D eigenvalue weighted by molar-refractivity contribution is -0.192. The van der Waals surface area contributed by atoms with Crippen LogP contribution in [-0.2, 0) is 17.6 Å². The summed E-state index contributed by atoms with van der Waals surface area (Å²) in [4.78, 5) is 15.0. The Morgan fingerprint density at radius 3 is 2.79 bits per heavy atom. The van der Waals surface area contributed by atoms with Crippen LogP contribution in [-0.4, -0.2) is 41.8 Å². The Morgan fingerprint density at radius 2 is 2.08 bits per heavy atom. The van der Waals surface area contributed by atoms with Crippen LogP contribution in [0.4, 0.5) is 0 Å². The van der Waals surface area contributed by atoms with Gasteiger partial charge >= 0.3 is 0 Å². The number of ether oxygens (including phenoxy) is 1. The van der Waals surface area contributed by atoms with E-state index in [1.165, 1.54) is 25.7 Å². The SMILES string of the molecule is CCOC1CC(N(C)C(=O)c2noc3c2CCCCC3)C12CCC2. The second-order valence-corrected chi connectivity index (χ2v) is 7.69. The maximum Gasteiger partial charge on any atom is 0.276 e. The van der Waals surface area contributed by atoms with Crippen LogP contribution >= 0.6 is 0 Å². The van der Waals surface area contributed by atoms with Gasteiger partial charge in [-0.1, -0.05) is 18.0 Å². The molecule has 24 heavy (non-hydrogen) atoms. The monoisotopic (exact) mass is 332 g/mol. The van der Waals surface area contributed by atoms with Gasteiger partial charge in [-0.05, 0) is 45.4 Å². The highest BCUT2D eigenvalue weighted by Gasteiger charge is 2.61. The Balaban J connectivity index is 1.52. The van der Waals surface area contributed by atoms with E-state index in [9.17, 15) is 4.79 Å². The molecule has 0 saturated heterocycles. The summed E-state index contributed by atoms with van der Waals surface area (Å²) in [5.74, 6) is 0.969. The predicted octanol–water partition coefficient (Wildman–Crippen LogP) is 3.36. The third kappa shape index (κ3) is 2.32. The fourth-order valence-electron chi connectivity index (χ4n) is 4.98. The first-order valence-corrected chi connectivity index (χ1v) is 9.53. The molecule has 1 aromatic heterocycles. The van der Waals surface area contributed by atoms with Crippen LogP contribution < -0.4 is 0 Å². The summed E-state index contributed by atoms with van der Waals surface area (Å²) >= 11 is 0. The van der Waals surface area contributed by atoms with Gasteiger partial charge in [0.05, 0.1) is 6.10 Å². The molecule has 2 saturated carbocycles. The molecule has 2 unspecified atom stereocenters. The molecule has 3 aliphatic rings. The van der Waals surface area contributed by atoms with Gasteiger partial charge in [0.25, 0.3) is 5.91 Å². The van der Waals surface area contributed by atoms with Crippen LogP contribution in [0.2, 0.25) is 0 Å². The normalized spacial score (nSPS) is 27.8. The minimum Gasteiger partial charge on any atom is -0.378 e. The maximum absolute atomic E-state index is 13.1. The highest BCUT2D eigenvalue weighted by atomic mass is 16.5. The fraction of sp³-hybridized carbons (Fsp3) is 0.789. The first-order chi connectivity index (χ1) is 11.7. The zero-order valence-corrected chi connectivity index (χ0v) is 14.8. The third-order valence-corrected chi connectivity index (χ3v) is 6.59. The summed E-state index contributed by atoms with van der Waals surface area (Å²) in [5.41, 5.74) is 1.82. The van der Waals surface area contributed by atoms with Crippen molar-refractivity contribution in [3.05, 3.63) is 17.0 Å². The molecular formula is C19H28N2O3. The molecule has 0 aromatic carbocycles. The lowest BCUT2D eigenvalue weighted by Gasteiger charge is -2.63. The molecule has 3 aliphatic carbocycles. The van der Waals surface area contributed by atoms with Crippen molar-refractivity contribution in [2.24, 2.45) is 5.41 Å². The van der Waals surface area contributed by atoms with E-state index >= 15 is 0 Å². The van der Waals surface area contributed by atoms with Crippen molar-refractivity contribution < 1.29 is 14.1 Å². The molecule has 4 rings (SSSR count). The molecule has 5 nitrogen and oxygen atoms in total. The van der Waals surface area contributed by atoms with Crippen LogP contribution in [0.1, 0.15) is 73.7 Å². The van der Waals surface area contributed by atoms with Crippen molar-refractivity contribution in [1.82, 2.24) is 10.1 Å². The summed E-state index contributed by atoms with van der Waals surface area (Å²) in [6.45, 7) is 2.81. The van der Waals surface area contributed by atoms with Gasteiger partial charge in [-0.25, -0.2) is 0 Å². The molecule has 0 radical (unpaired) electrons. The highest BCUT2D eigenvalue weighted by molar-refractivity contribution is 5.94. The molecule has 0 bridgehead atoms. The zero-order valence-electron chi connectivity index (χ0n) is 14.8. The van der Waals surface area contributed by atoms with E-state index in [4.69, 9.17) is 9.26 Å². The lowest BCUT2D eigenvalue weighted by Crippen LogP contribution is -2.67. The van der Waals surface area contributed by atoms with Crippen LogP contribution in [0.3, 0.4) is 0 Å². The van der Waals surface area contributed by atoms with E-state index in [1.807, 2.05) is 11.9 Å². The molecule has 1 spiro atoms. The van der Waals surface area contributed by atoms with Crippen molar-refractivity contribution >= 4 is 5.91 Å². The Kier molecular flexibility index (Phi) is 4.15. The number of carbonyl (C=O) groups is 1. The lowest BCUT2D eigenvalue weighted by atomic mass is 9.50. The van der Waals surface area contributed by atoms with Crippen molar-refractivity contribution in [2.45, 2.75) is 76.9 Å². The number of rotatable bonds is 4. The Bertz CT molecular complexity index is 620. The number of fused-ring (bicyclic) bond motifs is 1. The number of carbonyl (C=O) groups excluding carboxylic acids is 1. The quantitative estimate of drug-likeness (QED) is 0.793. The van der Waals surface area contributed by atoms with E-state index < -0.39 is 0 Å². The topological polar surface area (TPSA) is 55.6 Å². The average Bonchev–Trinajstić information content (AvgIpc) is 2.76. The van der Waals surface area contributed by atoms with Crippen LogP contribution in [0.15, 0.2) is 4.52 Å². The van der Waals surface area contributed by atoms with Crippen molar-refractivity contribution in [1.29, 1.82) is 0 Å². The molecule has 2 fully saturated rings. The van der Waals surface area contributed by atoms with Gasteiger partial charge in [0.15, 0.2) is 5.69 Å². The summed E-state index contributed by atoms with van der Waals surface area (Å²) in [6.07, 6.45) is 10.2. The molecule has 0 N–H and O–H groups in total. The molecule has 132 valence electrons. The van der Waals surface area contributed by atoms with Crippen LogP contribution in [0, 0.1) is 5.41 Å². The van der Waals surface area contributed by atoms with Gasteiger partial charge < -0.3 is 14.2 Å². The first-order valence-electron chi connectivity index (χ1n) is 9.53. The predicted molar refractivity (Wildman–Crippen MR) is 90.0 cm³/mol. The highest BCUT2D eigenvalue weighted by Crippen LogP contribution is 2.59. The Hall–Kier alpha value is -1.36. The van der Waals surface area contributed by atoms with Crippen LogP contribution in [0.25, 0.3) is 0 Å². The van der Waals surface area contributed by atoms with E-state index in [0.29, 0.717) is 11.8 Å². The van der Waals surface area contributed by atoms with Crippen molar-refractivity contribution in [2.75, 3.05) is 13.7 Å². The summed E-state index contributed by atoms with van der Waals surface area (Å²) < 4.78 is 11.4. The van der Waals surface area contributed by atoms with E-state index in [1.54, 1.807) is 0 Å². The van der Waals surface area contributed by atoms with Crippen molar-refractivity contribution in [3.8, 4) is 0 Å². The number of hydrogen-bond acceptors (Lipinski definition) is 4. The van der Waals surface area contributed by atoms with Gasteiger partial charge in [0.1, 0.15) is 5.76 Å². The average molecular weight is 332 g/mol. The number of aromatic nitrogens is 1. The summed E-state index contributed by atoms with van der Waals surface area (Å²) in [7, 11) is 1.94. The number of hydrogen-bond donors (Lipinski definition) is 0. The Labute approximate surface area is 143 Å². The van der Waals surface area contributed by atoms with Gasteiger partial charge in [0, 0.05) is 37.1 Å². The van der Waals surface area contributed by atoms with E-state index in [-0.39, 0.29) is 17.4 Å². The minimum absolute atomic E-state index is 0.0353. The standard InChI is InChI=1S/C19H28N2O3/c1-3-23-16-12-15(19(16)10-7-11-19)21(2)18(22)17-13-8-5-4-6-9-14(13)24-20-17/h15-16H,3-12H2,1-2H3. The number of amides is 1. The second kappa shape index (κ2) is 6.17. The maximum atomic E-state index is 13.1. The van der Waals surface area contributed by atoms with Gasteiger partial charge in [-0.2, -0.15) is 0 Å². The second-order valence-electron chi connectivity index (χ2n) is 7.69. The van der Waals surface area contributed by atoms with Gasteiger partial charge in [0.2, 0.25) is 0 Å². The number of nitrogens with zero attached hydrogens (tertiary/aromatic N) is 2. The van der Waals surface area contributed by atoms with E-state index in [2.05, 4.69) is 12.1 Å². The number of aryl methyl sites for hydroxylation is 1. The van der Waals surface area contributed by atoms with Crippen molar-refractivity contribution in [3.63, 3.8) is 0 Å². The Morgan fingerprint density at radius 1 is 1.29 bits per heavy atom. The largest absolute Gasteiger partial charge is 0.378 e. The minimum atomic E-state index is 0.0353. The van der Waals surface area contributed by atoms with Gasteiger partial charge in [-0.3, -0.25) is 4.79 Å². The molecule has 5 heteroatoms. The fourth-order valence-corrected chi connectivity index (χ4v) is 4.98. The molecule has 0 aliphatic heterocycles. The first kappa shape index (κ1) is 16.1. The molecule has 2 atom stereocenters. The smallest absolute Gasteiger partial charge is 0.276 e. The molecule has 1 heterocycles. The summed E-state index contributed by atoms with van der Waals surface area (Å²) in [6, 6.07) is 0.286. The third-order valence-electron chi connectivity index (χ3n) is 6.59. The zero-order chi connectivity index (χ0) is 16.7. The molecule has 1 aromatic rings.